The van der Waals surface area contributed by atoms with Crippen LogP contribution >= 0.6 is 12.2 Å². The number of hydrogen-bond donors (Lipinski definition) is 0. The molecule has 0 aromatic rings. The third-order valence-electron chi connectivity index (χ3n) is 2.69. The first-order valence-corrected chi connectivity index (χ1v) is 8.50. The first-order chi connectivity index (χ1) is 8.62. The molecule has 0 N–H and O–H groups in total. The van der Waals surface area contributed by atoms with Gasteiger partial charge in [0.05, 0.1) is 7.11 Å². The van der Waals surface area contributed by atoms with Gasteiger partial charge in [0.25, 0.3) is 0 Å². The molecule has 106 valence electrons. The average Bonchev–Trinajstić information content (AvgIpc) is 2.39. The van der Waals surface area contributed by atoms with Gasteiger partial charge in [-0.2, -0.15) is 4.79 Å². The molecule has 5 heteroatoms. The molecule has 0 radical (unpaired) electrons. The summed E-state index contributed by atoms with van der Waals surface area (Å²) in [6.45, 7) is 8.23. The van der Waals surface area contributed by atoms with Crippen molar-refractivity contribution in [3.05, 3.63) is 0 Å². The predicted molar refractivity (Wildman–Crippen MR) is 84.3 cm³/mol. The lowest BCUT2D eigenvalue weighted by molar-refractivity contribution is 0.199. The Labute approximate surface area is 120 Å². The van der Waals surface area contributed by atoms with Crippen LogP contribution in [-0.2, 0) is 15.6 Å². The van der Waals surface area contributed by atoms with Crippen LogP contribution in [0.15, 0.2) is 0 Å². The topological polar surface area (TPSA) is 29.5 Å². The Morgan fingerprint density at radius 1 is 1.17 bits per heavy atom. The van der Waals surface area contributed by atoms with Crippen LogP contribution in [0.2, 0.25) is 0 Å². The first-order valence-electron chi connectivity index (χ1n) is 6.69. The van der Waals surface area contributed by atoms with Crippen molar-refractivity contribution in [1.29, 1.82) is 0 Å². The summed E-state index contributed by atoms with van der Waals surface area (Å²) >= 11 is 5.50. The third kappa shape index (κ3) is 6.05. The van der Waals surface area contributed by atoms with Gasteiger partial charge in [-0.15, -0.1) is 0 Å². The number of methoxy groups -OCH3 is 1. The molecule has 0 aliphatic carbocycles. The number of hydrogen-bond acceptors (Lipinski definition) is 3. The van der Waals surface area contributed by atoms with Crippen molar-refractivity contribution < 1.29 is 9.53 Å². The molecule has 0 spiro atoms. The molecule has 0 fully saturated rings. The Morgan fingerprint density at radius 3 is 2.00 bits per heavy atom. The molecule has 3 nitrogen and oxygen atoms in total. The lowest BCUT2D eigenvalue weighted by atomic mass is 10.3. The lowest BCUT2D eigenvalue weighted by Gasteiger charge is -2.22. The van der Waals surface area contributed by atoms with Gasteiger partial charge in [-0.25, -0.2) is 0 Å². The molecule has 0 aromatic carbocycles. The molecule has 0 bridgehead atoms. The van der Waals surface area contributed by atoms with Crippen molar-refractivity contribution in [3.8, 4) is 0 Å². The molecule has 0 saturated carbocycles. The summed E-state index contributed by atoms with van der Waals surface area (Å²) in [4.78, 5) is 13.9. The number of carbonyl (C=O) groups is 1. The number of nitrogens with zero attached hydrogens (tertiary/aromatic N) is 1. The largest absolute Gasteiger partial charge is 0.533 e. The number of rotatable bonds is 7. The maximum Gasteiger partial charge on any atom is 0.533 e. The van der Waals surface area contributed by atoms with Crippen LogP contribution in [0.5, 0.6) is 0 Å². The second-order valence-electron chi connectivity index (χ2n) is 4.09. The van der Waals surface area contributed by atoms with Gasteiger partial charge in [-0.1, -0.05) is 26.7 Å². The summed E-state index contributed by atoms with van der Waals surface area (Å²) < 4.78 is 5.63. The quantitative estimate of drug-likeness (QED) is 0.407. The number of carbonyl (C=O) groups excluding carboxylic acids is 1. The van der Waals surface area contributed by atoms with E-state index in [-0.39, 0.29) is 5.30 Å². The van der Waals surface area contributed by atoms with Crippen molar-refractivity contribution in [1.82, 2.24) is 4.90 Å². The standard InChI is InChI=1S/C13H26NO2S2/c1-5-8-10-14(11-9-6-2)12(17)18(7-3)13(15)16-4/h5-11H2,1-4H3/q+1. The van der Waals surface area contributed by atoms with Gasteiger partial charge >= 0.3 is 9.62 Å². The van der Waals surface area contributed by atoms with E-state index in [1.54, 1.807) is 0 Å². The van der Waals surface area contributed by atoms with Crippen LogP contribution in [0.4, 0.5) is 4.79 Å². The molecule has 1 unspecified atom stereocenters. The molecule has 0 rings (SSSR count). The SMILES string of the molecule is CCCCN(CCCC)C(=S)[S+](CC)C(=O)OC. The van der Waals surface area contributed by atoms with Gasteiger partial charge in [0.15, 0.2) is 10.9 Å². The second kappa shape index (κ2) is 10.6. The van der Waals surface area contributed by atoms with Crippen molar-refractivity contribution in [2.45, 2.75) is 46.5 Å². The van der Waals surface area contributed by atoms with Gasteiger partial charge in [0.1, 0.15) is 5.75 Å². The number of thiocarbonyl (C=S) groups is 1. The summed E-state index contributed by atoms with van der Waals surface area (Å²) in [5, 5.41) is -0.180. The summed E-state index contributed by atoms with van der Waals surface area (Å²) in [6.07, 6.45) is 4.52. The van der Waals surface area contributed by atoms with Crippen molar-refractivity contribution in [2.75, 3.05) is 26.0 Å². The highest BCUT2D eigenvalue weighted by Crippen LogP contribution is 2.11. The molecule has 18 heavy (non-hydrogen) atoms. The van der Waals surface area contributed by atoms with Gasteiger partial charge in [0.2, 0.25) is 0 Å². The normalized spacial score (nSPS) is 12.0. The monoisotopic (exact) mass is 292 g/mol. The van der Waals surface area contributed by atoms with E-state index in [2.05, 4.69) is 18.7 Å². The highest BCUT2D eigenvalue weighted by molar-refractivity contribution is 8.29. The molecule has 0 aromatic heterocycles. The summed E-state index contributed by atoms with van der Waals surface area (Å²) in [5.74, 6) is 0.736. The van der Waals surface area contributed by atoms with E-state index in [0.717, 1.165) is 48.8 Å². The fraction of sp³-hybridized carbons (Fsp3) is 0.846. The predicted octanol–water partition coefficient (Wildman–Crippen LogP) is 3.58. The van der Waals surface area contributed by atoms with E-state index in [9.17, 15) is 4.79 Å². The van der Waals surface area contributed by atoms with Crippen molar-refractivity contribution >= 4 is 32.7 Å². The van der Waals surface area contributed by atoms with E-state index < -0.39 is 10.9 Å². The molecule has 0 aliphatic rings. The van der Waals surface area contributed by atoms with Gasteiger partial charge in [-0.3, -0.25) is 0 Å². The lowest BCUT2D eigenvalue weighted by Crippen LogP contribution is -2.40. The number of ether oxygens (including phenoxy) is 1. The Morgan fingerprint density at radius 2 is 1.67 bits per heavy atom. The average molecular weight is 292 g/mol. The molecular formula is C13H26NO2S2+. The van der Waals surface area contributed by atoms with Crippen LogP contribution in [0.25, 0.3) is 0 Å². The summed E-state index contributed by atoms with van der Waals surface area (Å²) in [7, 11) is 0.872. The third-order valence-corrected chi connectivity index (χ3v) is 5.38. The first kappa shape index (κ1) is 17.7. The number of unbranched alkanes of at least 4 members (excludes halogenated alkanes) is 2. The maximum atomic E-state index is 11.7. The zero-order valence-electron chi connectivity index (χ0n) is 12.0. The van der Waals surface area contributed by atoms with E-state index in [0.29, 0.717) is 0 Å². The van der Waals surface area contributed by atoms with E-state index >= 15 is 0 Å². The van der Waals surface area contributed by atoms with E-state index in [1.807, 2.05) is 6.92 Å². The summed E-state index contributed by atoms with van der Waals surface area (Å²) in [6, 6.07) is 0. The highest BCUT2D eigenvalue weighted by Gasteiger charge is 2.37. The van der Waals surface area contributed by atoms with Crippen LogP contribution in [-0.4, -0.2) is 40.5 Å². The molecule has 0 amide bonds. The van der Waals surface area contributed by atoms with Crippen LogP contribution < -0.4 is 0 Å². The van der Waals surface area contributed by atoms with Gasteiger partial charge < -0.3 is 9.64 Å². The molecule has 0 aliphatic heterocycles. The fourth-order valence-electron chi connectivity index (χ4n) is 1.56. The zero-order chi connectivity index (χ0) is 14.0. The molecule has 0 saturated heterocycles. The minimum Gasteiger partial charge on any atom is -0.429 e. The summed E-state index contributed by atoms with van der Waals surface area (Å²) in [5.41, 5.74) is 0. The Bertz CT molecular complexity index is 251. The van der Waals surface area contributed by atoms with Crippen LogP contribution in [0.1, 0.15) is 46.5 Å². The smallest absolute Gasteiger partial charge is 0.429 e. The molecular weight excluding hydrogens is 266 g/mol. The zero-order valence-corrected chi connectivity index (χ0v) is 13.7. The Balaban J connectivity index is 4.62. The van der Waals surface area contributed by atoms with Gasteiger partial charge in [-0.05, 0) is 32.0 Å². The van der Waals surface area contributed by atoms with Crippen LogP contribution in [0.3, 0.4) is 0 Å². The van der Waals surface area contributed by atoms with E-state index in [1.165, 1.54) is 7.11 Å². The molecule has 1 atom stereocenters. The van der Waals surface area contributed by atoms with Crippen molar-refractivity contribution in [3.63, 3.8) is 0 Å². The highest BCUT2D eigenvalue weighted by atomic mass is 32.2. The van der Waals surface area contributed by atoms with Gasteiger partial charge in [0, 0.05) is 13.1 Å². The maximum absolute atomic E-state index is 11.7. The van der Waals surface area contributed by atoms with Crippen molar-refractivity contribution in [2.24, 2.45) is 0 Å². The molecule has 0 heterocycles. The van der Waals surface area contributed by atoms with Crippen LogP contribution in [0, 0.1) is 0 Å². The fourth-order valence-corrected chi connectivity index (χ4v) is 3.62. The minimum absolute atomic E-state index is 0.180. The van der Waals surface area contributed by atoms with E-state index in [4.69, 9.17) is 17.0 Å². The Hall–Kier alpha value is -0.290. The Kier molecular flexibility index (Phi) is 10.4. The second-order valence-corrected chi connectivity index (χ2v) is 6.82. The minimum atomic E-state index is -0.562.